The topological polar surface area (TPSA) is 103 Å². The molecule has 1 aromatic carbocycles. The number of nitriles is 1. The molecule has 2 heterocycles. The Bertz CT molecular complexity index is 1080. The number of hydrogen-bond donors (Lipinski definition) is 1. The molecular weight excluding hydrogens is 392 g/mol. The van der Waals surface area contributed by atoms with Crippen LogP contribution < -0.4 is 5.73 Å². The van der Waals surface area contributed by atoms with Gasteiger partial charge in [-0.25, -0.2) is 9.48 Å². The molecule has 1 aliphatic rings. The molecule has 0 aliphatic carbocycles. The molecule has 0 spiro atoms. The number of aryl methyl sites for hydroxylation is 1. The van der Waals surface area contributed by atoms with E-state index in [1.165, 1.54) is 6.08 Å². The average molecular weight is 411 g/mol. The lowest BCUT2D eigenvalue weighted by molar-refractivity contribution is -0.138. The monoisotopic (exact) mass is 410 g/mol. The Morgan fingerprint density at radius 3 is 2.76 bits per heavy atom. The third-order valence-electron chi connectivity index (χ3n) is 4.50. The zero-order valence-electron chi connectivity index (χ0n) is 16.0. The molecule has 8 heteroatoms. The Kier molecular flexibility index (Phi) is 5.76. The van der Waals surface area contributed by atoms with Crippen LogP contribution in [0.4, 0.5) is 0 Å². The molecule has 0 radical (unpaired) electrons. The van der Waals surface area contributed by atoms with E-state index in [1.807, 2.05) is 36.4 Å². The summed E-state index contributed by atoms with van der Waals surface area (Å²) < 4.78 is 12.2. The highest BCUT2D eigenvalue weighted by atomic mass is 35.5. The van der Waals surface area contributed by atoms with Crippen LogP contribution in [-0.2, 0) is 14.3 Å². The number of halogens is 1. The van der Waals surface area contributed by atoms with E-state index in [1.54, 1.807) is 18.5 Å². The molecule has 1 aromatic heterocycles. The maximum Gasteiger partial charge on any atom is 0.338 e. The number of esters is 1. The van der Waals surface area contributed by atoms with Crippen molar-refractivity contribution in [3.8, 4) is 11.8 Å². The first-order valence-electron chi connectivity index (χ1n) is 8.77. The number of nitrogens with two attached hydrogens (primary N) is 1. The second-order valence-corrected chi connectivity index (χ2v) is 6.68. The normalized spacial score (nSPS) is 16.3. The first kappa shape index (κ1) is 20.2. The van der Waals surface area contributed by atoms with Crippen LogP contribution in [0, 0.1) is 18.3 Å². The number of hydrogen-bond acceptors (Lipinski definition) is 6. The van der Waals surface area contributed by atoms with Crippen molar-refractivity contribution in [2.45, 2.75) is 19.8 Å². The van der Waals surface area contributed by atoms with Crippen molar-refractivity contribution in [1.29, 1.82) is 5.26 Å². The van der Waals surface area contributed by atoms with E-state index in [0.717, 1.165) is 5.69 Å². The lowest BCUT2D eigenvalue weighted by Gasteiger charge is -2.26. The van der Waals surface area contributed by atoms with Gasteiger partial charge in [0.15, 0.2) is 0 Å². The quantitative estimate of drug-likeness (QED) is 0.596. The van der Waals surface area contributed by atoms with Crippen molar-refractivity contribution in [2.75, 3.05) is 6.61 Å². The maximum absolute atomic E-state index is 12.8. The molecule has 0 fully saturated rings. The smallest absolute Gasteiger partial charge is 0.338 e. The second kappa shape index (κ2) is 8.25. The molecule has 7 nitrogen and oxygen atoms in total. The number of para-hydroxylation sites is 1. The molecule has 2 N–H and O–H groups in total. The lowest BCUT2D eigenvalue weighted by Crippen LogP contribution is -2.26. The summed E-state index contributed by atoms with van der Waals surface area (Å²) in [6, 6.07) is 11.3. The van der Waals surface area contributed by atoms with Gasteiger partial charge in [-0.2, -0.15) is 10.4 Å². The fourth-order valence-electron chi connectivity index (χ4n) is 3.23. The first-order valence-corrected chi connectivity index (χ1v) is 9.15. The van der Waals surface area contributed by atoms with Crippen molar-refractivity contribution >= 4 is 17.6 Å². The summed E-state index contributed by atoms with van der Waals surface area (Å²) >= 11 is 6.69. The molecule has 0 amide bonds. The van der Waals surface area contributed by atoms with Crippen LogP contribution in [0.1, 0.15) is 24.1 Å². The molecule has 2 aromatic rings. The molecule has 1 atom stereocenters. The van der Waals surface area contributed by atoms with Gasteiger partial charge in [-0.1, -0.05) is 42.5 Å². The number of carbonyl (C=O) groups excluding carboxylic acids is 1. The predicted molar refractivity (Wildman–Crippen MR) is 108 cm³/mol. The summed E-state index contributed by atoms with van der Waals surface area (Å²) in [5.41, 5.74) is 7.95. The van der Waals surface area contributed by atoms with E-state index < -0.39 is 11.9 Å². The molecule has 29 heavy (non-hydrogen) atoms. The Hall–Kier alpha value is -3.50. The zero-order chi connectivity index (χ0) is 21.1. The van der Waals surface area contributed by atoms with Crippen molar-refractivity contribution in [2.24, 2.45) is 5.73 Å². The van der Waals surface area contributed by atoms with E-state index in [-0.39, 0.29) is 34.5 Å². The van der Waals surface area contributed by atoms with Gasteiger partial charge < -0.3 is 15.2 Å². The van der Waals surface area contributed by atoms with Gasteiger partial charge in [0, 0.05) is 5.56 Å². The Morgan fingerprint density at radius 1 is 1.45 bits per heavy atom. The van der Waals surface area contributed by atoms with Gasteiger partial charge in [-0.3, -0.25) is 0 Å². The highest BCUT2D eigenvalue weighted by molar-refractivity contribution is 6.31. The second-order valence-electron chi connectivity index (χ2n) is 6.32. The molecule has 0 unspecified atom stereocenters. The third-order valence-corrected chi connectivity index (χ3v) is 4.86. The van der Waals surface area contributed by atoms with Crippen LogP contribution in [0.25, 0.3) is 5.69 Å². The van der Waals surface area contributed by atoms with E-state index in [2.05, 4.69) is 11.7 Å². The van der Waals surface area contributed by atoms with Gasteiger partial charge in [0.2, 0.25) is 5.88 Å². The number of nitrogens with zero attached hydrogens (tertiary/aromatic N) is 3. The van der Waals surface area contributed by atoms with Crippen LogP contribution in [0.5, 0.6) is 0 Å². The number of aromatic nitrogens is 2. The third kappa shape index (κ3) is 3.62. The Balaban J connectivity index is 2.21. The highest BCUT2D eigenvalue weighted by Crippen LogP contribution is 2.43. The summed E-state index contributed by atoms with van der Waals surface area (Å²) in [6.07, 6.45) is 1.45. The predicted octanol–water partition coefficient (Wildman–Crippen LogP) is 3.65. The van der Waals surface area contributed by atoms with Crippen LogP contribution in [0.2, 0.25) is 5.15 Å². The van der Waals surface area contributed by atoms with Gasteiger partial charge in [0.1, 0.15) is 29.2 Å². The Labute approximate surface area is 173 Å². The highest BCUT2D eigenvalue weighted by Gasteiger charge is 2.39. The Morgan fingerprint density at radius 2 is 2.14 bits per heavy atom. The van der Waals surface area contributed by atoms with Crippen LogP contribution in [0.3, 0.4) is 0 Å². The minimum absolute atomic E-state index is 0.0133. The summed E-state index contributed by atoms with van der Waals surface area (Å²) in [6.45, 7) is 6.89. The maximum atomic E-state index is 12.8. The van der Waals surface area contributed by atoms with E-state index in [0.29, 0.717) is 11.3 Å². The SMILES string of the molecule is C=CCOC(=O)C1=C(C)OC(N)=C(C#N)[C@H]1c1c(C)nn(-c2ccccc2)c1Cl. The number of ether oxygens (including phenoxy) is 2. The minimum atomic E-state index is -0.865. The molecular formula is C21H19ClN4O3. The number of carbonyl (C=O) groups is 1. The van der Waals surface area contributed by atoms with Crippen LogP contribution >= 0.6 is 11.6 Å². The van der Waals surface area contributed by atoms with E-state index >= 15 is 0 Å². The van der Waals surface area contributed by atoms with Crippen molar-refractivity contribution in [3.63, 3.8) is 0 Å². The van der Waals surface area contributed by atoms with Crippen molar-refractivity contribution in [1.82, 2.24) is 9.78 Å². The van der Waals surface area contributed by atoms with Gasteiger partial charge in [0.25, 0.3) is 0 Å². The molecule has 0 saturated carbocycles. The number of benzene rings is 1. The largest absolute Gasteiger partial charge is 0.458 e. The van der Waals surface area contributed by atoms with Gasteiger partial charge in [-0.15, -0.1) is 0 Å². The lowest BCUT2D eigenvalue weighted by atomic mass is 9.83. The molecule has 0 saturated heterocycles. The van der Waals surface area contributed by atoms with Gasteiger partial charge >= 0.3 is 5.97 Å². The van der Waals surface area contributed by atoms with Crippen LogP contribution in [0.15, 0.2) is 65.8 Å². The summed E-state index contributed by atoms with van der Waals surface area (Å²) in [5.74, 6) is -1.35. The zero-order valence-corrected chi connectivity index (χ0v) is 16.7. The molecule has 0 bridgehead atoms. The molecule has 3 rings (SSSR count). The standard InChI is InChI=1S/C21H19ClN4O3/c1-4-10-28-21(27)17-13(3)29-20(24)15(11-23)18(17)16-12(2)25-26(19(16)22)14-8-6-5-7-9-14/h4-9,18H,1,10,24H2,2-3H3/t18-/m0/s1. The fourth-order valence-corrected chi connectivity index (χ4v) is 3.61. The fraction of sp³-hybridized carbons (Fsp3) is 0.190. The number of rotatable bonds is 5. The van der Waals surface area contributed by atoms with E-state index in [9.17, 15) is 10.1 Å². The summed E-state index contributed by atoms with van der Waals surface area (Å²) in [4.78, 5) is 12.8. The van der Waals surface area contributed by atoms with E-state index in [4.69, 9.17) is 26.8 Å². The van der Waals surface area contributed by atoms with Crippen molar-refractivity contribution in [3.05, 3.63) is 82.2 Å². The summed E-state index contributed by atoms with van der Waals surface area (Å²) in [7, 11) is 0. The number of allylic oxidation sites excluding steroid dienone is 2. The van der Waals surface area contributed by atoms with Crippen molar-refractivity contribution < 1.29 is 14.3 Å². The first-order chi connectivity index (χ1) is 13.9. The van der Waals surface area contributed by atoms with Crippen LogP contribution in [-0.4, -0.2) is 22.4 Å². The van der Waals surface area contributed by atoms with Gasteiger partial charge in [0.05, 0.1) is 22.9 Å². The summed E-state index contributed by atoms with van der Waals surface area (Å²) in [5, 5.41) is 14.5. The molecule has 1 aliphatic heterocycles. The average Bonchev–Trinajstić information content (AvgIpc) is 3.00. The minimum Gasteiger partial charge on any atom is -0.458 e. The molecule has 148 valence electrons. The van der Waals surface area contributed by atoms with Gasteiger partial charge in [-0.05, 0) is 26.0 Å².